The summed E-state index contributed by atoms with van der Waals surface area (Å²) in [6, 6.07) is -0.903. The summed E-state index contributed by atoms with van der Waals surface area (Å²) in [5.74, 6) is -0.0225. The van der Waals surface area contributed by atoms with E-state index < -0.39 is 12.0 Å². The van der Waals surface area contributed by atoms with Crippen LogP contribution in [0.15, 0.2) is 0 Å². The van der Waals surface area contributed by atoms with Crippen LogP contribution in [0.2, 0.25) is 0 Å². The molecule has 2 atom stereocenters. The standard InChI is InChI=1S/C12H20N2O4S/c1-8-4-13(6-12(2,3)18-8)11(17)14-7-19-5-9(14)10(15)16/h8-9H,4-7H2,1-3H3,(H,15,16)/t8?,9-/m0/s1. The van der Waals surface area contributed by atoms with E-state index in [1.54, 1.807) is 4.90 Å². The zero-order valence-corrected chi connectivity index (χ0v) is 12.3. The van der Waals surface area contributed by atoms with E-state index in [1.165, 1.54) is 16.7 Å². The number of amides is 2. The molecule has 0 bridgehead atoms. The number of carbonyl (C=O) groups is 2. The molecule has 19 heavy (non-hydrogen) atoms. The van der Waals surface area contributed by atoms with Crippen LogP contribution < -0.4 is 0 Å². The van der Waals surface area contributed by atoms with Crippen molar-refractivity contribution in [2.24, 2.45) is 0 Å². The number of nitrogens with zero attached hydrogens (tertiary/aromatic N) is 2. The number of aliphatic carboxylic acids is 1. The molecule has 0 radical (unpaired) electrons. The van der Waals surface area contributed by atoms with Gasteiger partial charge in [-0.15, -0.1) is 11.8 Å². The Balaban J connectivity index is 2.08. The average molecular weight is 288 g/mol. The number of thioether (sulfide) groups is 1. The molecule has 0 spiro atoms. The van der Waals surface area contributed by atoms with E-state index in [9.17, 15) is 9.59 Å². The van der Waals surface area contributed by atoms with Gasteiger partial charge in [0.1, 0.15) is 6.04 Å². The van der Waals surface area contributed by atoms with Crippen molar-refractivity contribution in [3.63, 3.8) is 0 Å². The highest BCUT2D eigenvalue weighted by Gasteiger charge is 2.40. The van der Waals surface area contributed by atoms with Crippen LogP contribution in [0, 0.1) is 0 Å². The zero-order chi connectivity index (χ0) is 14.2. The fourth-order valence-corrected chi connectivity index (χ4v) is 3.76. The number of carbonyl (C=O) groups excluding carboxylic acids is 1. The Bertz CT molecular complexity index is 388. The Hall–Kier alpha value is -0.950. The zero-order valence-electron chi connectivity index (χ0n) is 11.5. The minimum Gasteiger partial charge on any atom is -0.480 e. The van der Waals surface area contributed by atoms with Crippen molar-refractivity contribution >= 4 is 23.8 Å². The minimum absolute atomic E-state index is 0.0359. The molecule has 1 unspecified atom stereocenters. The Morgan fingerprint density at radius 3 is 2.68 bits per heavy atom. The summed E-state index contributed by atoms with van der Waals surface area (Å²) in [6.07, 6.45) is -0.0359. The second-order valence-electron chi connectivity index (χ2n) is 5.67. The van der Waals surface area contributed by atoms with Gasteiger partial charge in [-0.05, 0) is 20.8 Å². The monoisotopic (exact) mass is 288 g/mol. The fraction of sp³-hybridized carbons (Fsp3) is 0.833. The van der Waals surface area contributed by atoms with Crippen molar-refractivity contribution in [1.29, 1.82) is 0 Å². The van der Waals surface area contributed by atoms with Crippen molar-refractivity contribution in [1.82, 2.24) is 9.80 Å². The third kappa shape index (κ3) is 3.14. The van der Waals surface area contributed by atoms with Gasteiger partial charge in [0.2, 0.25) is 0 Å². The molecule has 2 aliphatic heterocycles. The normalized spacial score (nSPS) is 30.5. The van der Waals surface area contributed by atoms with Crippen molar-refractivity contribution in [2.45, 2.75) is 38.5 Å². The lowest BCUT2D eigenvalue weighted by Crippen LogP contribution is -2.58. The summed E-state index contributed by atoms with van der Waals surface area (Å²) >= 11 is 1.48. The molecule has 108 valence electrons. The first-order valence-corrected chi connectivity index (χ1v) is 7.49. The molecule has 2 amide bonds. The molecular formula is C12H20N2O4S. The van der Waals surface area contributed by atoms with Gasteiger partial charge in [0.05, 0.1) is 24.1 Å². The molecule has 2 rings (SSSR count). The summed E-state index contributed by atoms with van der Waals surface area (Å²) in [5.41, 5.74) is -0.390. The molecule has 0 aromatic rings. The number of hydrogen-bond acceptors (Lipinski definition) is 4. The van der Waals surface area contributed by atoms with Gasteiger partial charge in [0.25, 0.3) is 0 Å². The lowest BCUT2D eigenvalue weighted by molar-refractivity contribution is -0.141. The van der Waals surface area contributed by atoms with Crippen molar-refractivity contribution in [3.8, 4) is 0 Å². The Kier molecular flexibility index (Phi) is 3.96. The quantitative estimate of drug-likeness (QED) is 0.781. The van der Waals surface area contributed by atoms with Gasteiger partial charge in [-0.3, -0.25) is 0 Å². The topological polar surface area (TPSA) is 70.1 Å². The lowest BCUT2D eigenvalue weighted by atomic mass is 10.1. The first-order valence-electron chi connectivity index (χ1n) is 6.34. The van der Waals surface area contributed by atoms with Gasteiger partial charge in [-0.2, -0.15) is 0 Å². The van der Waals surface area contributed by atoms with E-state index in [2.05, 4.69) is 0 Å². The molecule has 0 aromatic carbocycles. The van der Waals surface area contributed by atoms with Crippen LogP contribution in [0.4, 0.5) is 4.79 Å². The van der Waals surface area contributed by atoms with E-state index in [-0.39, 0.29) is 17.7 Å². The van der Waals surface area contributed by atoms with Gasteiger partial charge >= 0.3 is 12.0 Å². The molecule has 1 N–H and O–H groups in total. The third-order valence-electron chi connectivity index (χ3n) is 3.25. The largest absolute Gasteiger partial charge is 0.480 e. The predicted molar refractivity (Wildman–Crippen MR) is 72.2 cm³/mol. The van der Waals surface area contributed by atoms with E-state index in [0.717, 1.165) is 0 Å². The van der Waals surface area contributed by atoms with Crippen LogP contribution in [0.5, 0.6) is 0 Å². The van der Waals surface area contributed by atoms with Crippen LogP contribution in [0.25, 0.3) is 0 Å². The number of ether oxygens (including phenoxy) is 1. The molecule has 2 fully saturated rings. The van der Waals surface area contributed by atoms with Gasteiger partial charge in [-0.1, -0.05) is 0 Å². The van der Waals surface area contributed by atoms with Crippen molar-refractivity contribution in [2.75, 3.05) is 24.7 Å². The third-order valence-corrected chi connectivity index (χ3v) is 4.27. The number of rotatable bonds is 1. The van der Waals surface area contributed by atoms with Gasteiger partial charge < -0.3 is 19.6 Å². The smallest absolute Gasteiger partial charge is 0.327 e. The molecule has 0 aliphatic carbocycles. The van der Waals surface area contributed by atoms with Crippen LogP contribution in [0.3, 0.4) is 0 Å². The SMILES string of the molecule is CC1CN(C(=O)N2CSC[C@H]2C(=O)O)CC(C)(C)O1. The Morgan fingerprint density at radius 1 is 1.42 bits per heavy atom. The number of morpholine rings is 1. The molecular weight excluding hydrogens is 268 g/mol. The average Bonchev–Trinajstić information content (AvgIpc) is 2.73. The van der Waals surface area contributed by atoms with Gasteiger partial charge in [0.15, 0.2) is 0 Å². The highest BCUT2D eigenvalue weighted by Crippen LogP contribution is 2.26. The summed E-state index contributed by atoms with van der Waals surface area (Å²) in [6.45, 7) is 6.81. The van der Waals surface area contributed by atoms with E-state index >= 15 is 0 Å². The predicted octanol–water partition coefficient (Wildman–Crippen LogP) is 1.07. The van der Waals surface area contributed by atoms with Gasteiger partial charge in [0, 0.05) is 12.3 Å². The van der Waals surface area contributed by atoms with Crippen LogP contribution in [-0.2, 0) is 9.53 Å². The molecule has 7 heteroatoms. The molecule has 2 aliphatic rings. The van der Waals surface area contributed by atoms with E-state index in [4.69, 9.17) is 9.84 Å². The van der Waals surface area contributed by atoms with Crippen LogP contribution in [-0.4, -0.2) is 69.4 Å². The second-order valence-corrected chi connectivity index (χ2v) is 6.67. The number of carboxylic acids is 1. The molecule has 2 heterocycles. The Labute approximate surface area is 117 Å². The van der Waals surface area contributed by atoms with E-state index in [1.807, 2.05) is 20.8 Å². The first kappa shape index (κ1) is 14.5. The number of carboxylic acid groups (broad SMARTS) is 1. The van der Waals surface area contributed by atoms with Crippen LogP contribution >= 0.6 is 11.8 Å². The van der Waals surface area contributed by atoms with Crippen molar-refractivity contribution < 1.29 is 19.4 Å². The minimum atomic E-state index is -0.932. The first-order chi connectivity index (χ1) is 8.80. The summed E-state index contributed by atoms with van der Waals surface area (Å²) in [7, 11) is 0. The highest BCUT2D eigenvalue weighted by atomic mass is 32.2. The second kappa shape index (κ2) is 5.20. The highest BCUT2D eigenvalue weighted by molar-refractivity contribution is 7.99. The maximum atomic E-state index is 12.5. The molecule has 6 nitrogen and oxygen atoms in total. The Morgan fingerprint density at radius 2 is 2.11 bits per heavy atom. The lowest BCUT2D eigenvalue weighted by Gasteiger charge is -2.43. The number of urea groups is 1. The molecule has 2 saturated heterocycles. The summed E-state index contributed by atoms with van der Waals surface area (Å²) in [4.78, 5) is 26.8. The summed E-state index contributed by atoms with van der Waals surface area (Å²) < 4.78 is 5.76. The van der Waals surface area contributed by atoms with Crippen LogP contribution in [0.1, 0.15) is 20.8 Å². The number of hydrogen-bond donors (Lipinski definition) is 1. The molecule has 0 saturated carbocycles. The maximum absolute atomic E-state index is 12.5. The van der Waals surface area contributed by atoms with Gasteiger partial charge in [-0.25, -0.2) is 9.59 Å². The maximum Gasteiger partial charge on any atom is 0.327 e. The molecule has 0 aromatic heterocycles. The fourth-order valence-electron chi connectivity index (χ4n) is 2.62. The van der Waals surface area contributed by atoms with E-state index in [0.29, 0.717) is 24.7 Å². The van der Waals surface area contributed by atoms with Crippen molar-refractivity contribution in [3.05, 3.63) is 0 Å². The summed E-state index contributed by atoms with van der Waals surface area (Å²) in [5, 5.41) is 9.14.